The first kappa shape index (κ1) is 27.2. The third-order valence-electron chi connectivity index (χ3n) is 4.39. The van der Waals surface area contributed by atoms with Gasteiger partial charge in [0.15, 0.2) is 11.6 Å². The predicted molar refractivity (Wildman–Crippen MR) is 124 cm³/mol. The second-order valence-corrected chi connectivity index (χ2v) is 8.15. The highest BCUT2D eigenvalue weighted by Gasteiger charge is 2.16. The molecule has 2 heterocycles. The second-order valence-electron chi connectivity index (χ2n) is 8.15. The third-order valence-corrected chi connectivity index (χ3v) is 4.39. The maximum absolute atomic E-state index is 13.4. The van der Waals surface area contributed by atoms with Gasteiger partial charge in [0.25, 0.3) is 0 Å². The van der Waals surface area contributed by atoms with Gasteiger partial charge in [-0.05, 0) is 69.5 Å². The Bertz CT molecular complexity index is 1050. The van der Waals surface area contributed by atoms with Crippen LogP contribution in [0.3, 0.4) is 0 Å². The van der Waals surface area contributed by atoms with Crippen LogP contribution in [-0.4, -0.2) is 33.3 Å². The number of esters is 1. The Morgan fingerprint density at radius 2 is 1.72 bits per heavy atom. The molecule has 0 saturated carbocycles. The number of carbonyl (C=O) groups excluding carboxylic acids is 1. The highest BCUT2D eigenvalue weighted by atomic mass is 19.2. The van der Waals surface area contributed by atoms with E-state index >= 15 is 0 Å². The zero-order valence-electron chi connectivity index (χ0n) is 20.2. The van der Waals surface area contributed by atoms with Gasteiger partial charge in [-0.2, -0.15) is 0 Å². The maximum Gasteiger partial charge on any atom is 0.310 e. The fourth-order valence-corrected chi connectivity index (χ4v) is 2.98. The fraction of sp³-hybridized carbons (Fsp3) is 0.440. The van der Waals surface area contributed by atoms with Crippen LogP contribution >= 0.6 is 0 Å². The van der Waals surface area contributed by atoms with E-state index in [1.165, 1.54) is 13.2 Å². The summed E-state index contributed by atoms with van der Waals surface area (Å²) in [6.07, 6.45) is 2.03. The van der Waals surface area contributed by atoms with Crippen molar-refractivity contribution in [2.24, 2.45) is 0 Å². The lowest BCUT2D eigenvalue weighted by atomic mass is 10.0. The Morgan fingerprint density at radius 3 is 2.25 bits per heavy atom. The minimum Gasteiger partial charge on any atom is -0.469 e. The first-order chi connectivity index (χ1) is 14.9. The molecule has 0 spiro atoms. The number of aryl methyl sites for hydroxylation is 2. The van der Waals surface area contributed by atoms with Crippen LogP contribution in [0.2, 0.25) is 0 Å². The zero-order chi connectivity index (χ0) is 24.6. The Kier molecular flexibility index (Phi) is 9.97. The van der Waals surface area contributed by atoms with Crippen LogP contribution in [0, 0.1) is 25.5 Å². The van der Waals surface area contributed by atoms with Gasteiger partial charge in [0, 0.05) is 23.8 Å². The van der Waals surface area contributed by atoms with Gasteiger partial charge in [-0.25, -0.2) is 13.8 Å². The van der Waals surface area contributed by atoms with Crippen LogP contribution < -0.4 is 0 Å². The SMILES string of the molecule is CC.CC(C)(C)O.COC(=O)Cc1c(C)nc2c(ccn2Cc2ccc(F)c(F)c2)c1C. The normalized spacial score (nSPS) is 10.7. The Balaban J connectivity index is 0.000000646. The number of hydrogen-bond acceptors (Lipinski definition) is 4. The van der Waals surface area contributed by atoms with E-state index in [1.54, 1.807) is 26.8 Å². The number of halogens is 2. The van der Waals surface area contributed by atoms with Crippen molar-refractivity contribution in [1.29, 1.82) is 0 Å². The van der Waals surface area contributed by atoms with E-state index in [4.69, 9.17) is 9.84 Å². The molecule has 0 unspecified atom stereocenters. The quantitative estimate of drug-likeness (QED) is 0.536. The molecule has 0 atom stereocenters. The van der Waals surface area contributed by atoms with E-state index in [-0.39, 0.29) is 12.4 Å². The van der Waals surface area contributed by atoms with Gasteiger partial charge in [0.05, 0.1) is 19.1 Å². The average Bonchev–Trinajstić information content (AvgIpc) is 3.10. The van der Waals surface area contributed by atoms with Crippen molar-refractivity contribution in [3.63, 3.8) is 0 Å². The molecule has 0 aliphatic carbocycles. The summed E-state index contributed by atoms with van der Waals surface area (Å²) in [6, 6.07) is 5.77. The summed E-state index contributed by atoms with van der Waals surface area (Å²) in [7, 11) is 1.36. The number of fused-ring (bicyclic) bond motifs is 1. The number of nitrogens with zero attached hydrogens (tertiary/aromatic N) is 2. The van der Waals surface area contributed by atoms with E-state index in [2.05, 4.69) is 4.98 Å². The van der Waals surface area contributed by atoms with E-state index in [0.29, 0.717) is 12.1 Å². The van der Waals surface area contributed by atoms with Crippen LogP contribution in [0.25, 0.3) is 11.0 Å². The summed E-state index contributed by atoms with van der Waals surface area (Å²) in [6.45, 7) is 13.4. The van der Waals surface area contributed by atoms with E-state index in [0.717, 1.165) is 33.9 Å². The smallest absolute Gasteiger partial charge is 0.310 e. The Labute approximate surface area is 189 Å². The van der Waals surface area contributed by atoms with Crippen LogP contribution in [0.4, 0.5) is 8.78 Å². The molecule has 2 aromatic heterocycles. The van der Waals surface area contributed by atoms with Crippen molar-refractivity contribution < 1.29 is 23.4 Å². The number of ether oxygens (including phenoxy) is 1. The number of aromatic nitrogens is 2. The molecule has 3 rings (SSSR count). The molecule has 0 saturated heterocycles. The van der Waals surface area contributed by atoms with Gasteiger partial charge in [0.1, 0.15) is 5.65 Å². The van der Waals surface area contributed by atoms with Crippen molar-refractivity contribution in [1.82, 2.24) is 9.55 Å². The lowest BCUT2D eigenvalue weighted by molar-refractivity contribution is -0.139. The molecule has 0 radical (unpaired) electrons. The van der Waals surface area contributed by atoms with Crippen molar-refractivity contribution in [3.05, 3.63) is 64.5 Å². The molecule has 0 aliphatic heterocycles. The van der Waals surface area contributed by atoms with Crippen molar-refractivity contribution >= 4 is 17.0 Å². The maximum atomic E-state index is 13.4. The van der Waals surface area contributed by atoms with Crippen LogP contribution in [-0.2, 0) is 22.5 Å². The van der Waals surface area contributed by atoms with Crippen molar-refractivity contribution in [2.75, 3.05) is 7.11 Å². The van der Waals surface area contributed by atoms with Gasteiger partial charge >= 0.3 is 5.97 Å². The molecule has 1 N–H and O–H groups in total. The van der Waals surface area contributed by atoms with Gasteiger partial charge in [-0.15, -0.1) is 0 Å². The van der Waals surface area contributed by atoms with Gasteiger partial charge in [-0.3, -0.25) is 4.79 Å². The summed E-state index contributed by atoms with van der Waals surface area (Å²) in [5.41, 5.74) is 3.46. The van der Waals surface area contributed by atoms with E-state index in [1.807, 2.05) is 44.5 Å². The van der Waals surface area contributed by atoms with Crippen LogP contribution in [0.1, 0.15) is 57.0 Å². The number of benzene rings is 1. The molecule has 176 valence electrons. The number of rotatable bonds is 4. The molecular weight excluding hydrogens is 414 g/mol. The number of hydrogen-bond donors (Lipinski definition) is 1. The lowest BCUT2D eigenvalue weighted by Gasteiger charge is -2.11. The predicted octanol–water partition coefficient (Wildman–Crippen LogP) is 5.50. The van der Waals surface area contributed by atoms with Gasteiger partial charge in [0.2, 0.25) is 0 Å². The highest BCUT2D eigenvalue weighted by Crippen LogP contribution is 2.25. The Morgan fingerprint density at radius 1 is 1.12 bits per heavy atom. The highest BCUT2D eigenvalue weighted by molar-refractivity contribution is 5.84. The minimum atomic E-state index is -0.866. The number of aliphatic hydroxyl groups is 1. The Hall–Kier alpha value is -2.80. The zero-order valence-corrected chi connectivity index (χ0v) is 20.2. The van der Waals surface area contributed by atoms with Gasteiger partial charge < -0.3 is 14.4 Å². The average molecular weight is 449 g/mol. The molecule has 5 nitrogen and oxygen atoms in total. The minimum absolute atomic E-state index is 0.172. The molecule has 32 heavy (non-hydrogen) atoms. The molecular formula is C25H34F2N2O3. The molecule has 0 amide bonds. The number of methoxy groups -OCH3 is 1. The lowest BCUT2D eigenvalue weighted by Crippen LogP contribution is -2.10. The third kappa shape index (κ3) is 7.71. The molecule has 0 bridgehead atoms. The molecule has 0 aliphatic rings. The first-order valence-electron chi connectivity index (χ1n) is 10.6. The van der Waals surface area contributed by atoms with Gasteiger partial charge in [-0.1, -0.05) is 19.9 Å². The monoisotopic (exact) mass is 448 g/mol. The fourth-order valence-electron chi connectivity index (χ4n) is 2.98. The second kappa shape index (κ2) is 11.7. The summed E-state index contributed by atoms with van der Waals surface area (Å²) < 4.78 is 33.1. The van der Waals surface area contributed by atoms with E-state index < -0.39 is 17.2 Å². The number of carbonyl (C=O) groups is 1. The molecule has 7 heteroatoms. The van der Waals surface area contributed by atoms with E-state index in [9.17, 15) is 13.6 Å². The standard InChI is InChI=1S/C19H18F2N2O2.C4H10O.C2H6/c1-11-14-6-7-23(10-13-4-5-16(20)17(21)8-13)19(14)22-12(2)15(11)9-18(24)25-3;1-4(2,3)5;1-2/h4-8H,9-10H2,1-3H3;5H,1-3H3;1-2H3. The molecule has 0 fully saturated rings. The van der Waals surface area contributed by atoms with Crippen molar-refractivity contribution in [2.45, 2.75) is 67.0 Å². The summed E-state index contributed by atoms with van der Waals surface area (Å²) in [4.78, 5) is 16.2. The largest absolute Gasteiger partial charge is 0.469 e. The summed E-state index contributed by atoms with van der Waals surface area (Å²) >= 11 is 0. The van der Waals surface area contributed by atoms with Crippen LogP contribution in [0.15, 0.2) is 30.5 Å². The van der Waals surface area contributed by atoms with Crippen molar-refractivity contribution in [3.8, 4) is 0 Å². The van der Waals surface area contributed by atoms with Crippen LogP contribution in [0.5, 0.6) is 0 Å². The first-order valence-corrected chi connectivity index (χ1v) is 10.6. The molecule has 1 aromatic carbocycles. The summed E-state index contributed by atoms with van der Waals surface area (Å²) in [5.74, 6) is -2.04. The topological polar surface area (TPSA) is 64.3 Å². The summed E-state index contributed by atoms with van der Waals surface area (Å²) in [5, 5.41) is 9.44. The molecule has 3 aromatic rings. The number of pyridine rings is 1.